The van der Waals surface area contributed by atoms with Crippen LogP contribution >= 0.6 is 11.3 Å². The summed E-state index contributed by atoms with van der Waals surface area (Å²) in [5.41, 5.74) is 3.24. The van der Waals surface area contributed by atoms with Gasteiger partial charge in [0.2, 0.25) is 0 Å². The molecule has 5 heteroatoms. The Morgan fingerprint density at radius 2 is 2.18 bits per heavy atom. The van der Waals surface area contributed by atoms with Crippen molar-refractivity contribution in [1.82, 2.24) is 4.98 Å². The van der Waals surface area contributed by atoms with Gasteiger partial charge in [-0.3, -0.25) is 4.98 Å². The summed E-state index contributed by atoms with van der Waals surface area (Å²) in [6, 6.07) is 9.34. The predicted molar refractivity (Wildman–Crippen MR) is 87.1 cm³/mol. The maximum atomic E-state index is 11.7. The highest BCUT2D eigenvalue weighted by Gasteiger charge is 2.14. The Kier molecular flexibility index (Phi) is 3.92. The van der Waals surface area contributed by atoms with Crippen LogP contribution in [0.15, 0.2) is 36.5 Å². The molecule has 4 nitrogen and oxygen atoms in total. The molecule has 0 saturated heterocycles. The van der Waals surface area contributed by atoms with Gasteiger partial charge in [-0.1, -0.05) is 18.2 Å². The molecule has 0 fully saturated rings. The lowest BCUT2D eigenvalue weighted by molar-refractivity contribution is 0.0600. The van der Waals surface area contributed by atoms with E-state index in [2.05, 4.69) is 4.98 Å². The van der Waals surface area contributed by atoms with Gasteiger partial charge in [0.1, 0.15) is 0 Å². The number of nitrogens with zero attached hydrogens (tertiary/aromatic N) is 1. The van der Waals surface area contributed by atoms with Crippen molar-refractivity contribution in [2.24, 2.45) is 0 Å². The van der Waals surface area contributed by atoms with E-state index in [1.807, 2.05) is 25.1 Å². The van der Waals surface area contributed by atoms with E-state index in [0.29, 0.717) is 5.56 Å². The summed E-state index contributed by atoms with van der Waals surface area (Å²) >= 11 is 1.56. The molecule has 0 spiro atoms. The van der Waals surface area contributed by atoms with E-state index in [0.717, 1.165) is 31.8 Å². The number of carbonyl (C=O) groups excluding carboxylic acids is 1. The number of hydrogen-bond acceptors (Lipinski definition) is 5. The number of thiophene rings is 1. The number of benzene rings is 1. The van der Waals surface area contributed by atoms with E-state index in [9.17, 15) is 9.90 Å². The number of hydrogen-bond donors (Lipinski definition) is 1. The van der Waals surface area contributed by atoms with E-state index in [1.54, 1.807) is 29.7 Å². The highest BCUT2D eigenvalue weighted by atomic mass is 32.1. The molecule has 0 radical (unpaired) electrons. The quantitative estimate of drug-likeness (QED) is 0.751. The Labute approximate surface area is 132 Å². The number of rotatable bonds is 3. The first kappa shape index (κ1) is 14.7. The molecule has 112 valence electrons. The van der Waals surface area contributed by atoms with E-state index >= 15 is 0 Å². The molecule has 22 heavy (non-hydrogen) atoms. The second-order valence-electron chi connectivity index (χ2n) is 4.91. The second kappa shape index (κ2) is 5.87. The summed E-state index contributed by atoms with van der Waals surface area (Å²) in [5.74, 6) is -0.380. The van der Waals surface area contributed by atoms with E-state index in [1.165, 1.54) is 7.11 Å². The molecule has 0 unspecified atom stereocenters. The highest BCUT2D eigenvalue weighted by molar-refractivity contribution is 7.19. The van der Waals surface area contributed by atoms with Crippen LogP contribution < -0.4 is 0 Å². The number of carbonyl (C=O) groups is 1. The average molecular weight is 313 g/mol. The van der Waals surface area contributed by atoms with Gasteiger partial charge in [0.05, 0.1) is 25.0 Å². The minimum absolute atomic E-state index is 0.0280. The molecular formula is C17H15NO3S. The molecule has 0 aliphatic heterocycles. The van der Waals surface area contributed by atoms with Crippen LogP contribution in [0.3, 0.4) is 0 Å². The molecule has 0 amide bonds. The van der Waals surface area contributed by atoms with Gasteiger partial charge in [-0.05, 0) is 30.0 Å². The first-order valence-electron chi connectivity index (χ1n) is 6.82. The molecule has 1 N–H and O–H groups in total. The van der Waals surface area contributed by atoms with Crippen molar-refractivity contribution in [3.05, 3.63) is 52.5 Å². The number of aromatic nitrogens is 1. The zero-order valence-electron chi connectivity index (χ0n) is 12.3. The van der Waals surface area contributed by atoms with Crippen molar-refractivity contribution in [1.29, 1.82) is 0 Å². The molecular weight excluding hydrogens is 298 g/mol. The average Bonchev–Trinajstić information content (AvgIpc) is 2.90. The van der Waals surface area contributed by atoms with E-state index in [4.69, 9.17) is 4.74 Å². The van der Waals surface area contributed by atoms with Crippen LogP contribution in [0.25, 0.3) is 21.3 Å². The van der Waals surface area contributed by atoms with Gasteiger partial charge >= 0.3 is 5.97 Å². The molecule has 0 atom stereocenters. The topological polar surface area (TPSA) is 59.4 Å². The molecule has 0 bridgehead atoms. The SMILES string of the molecule is COC(=O)c1ccnc(-c2cccc3c(C)c(CO)sc23)c1. The summed E-state index contributed by atoms with van der Waals surface area (Å²) in [7, 11) is 1.36. The maximum Gasteiger partial charge on any atom is 0.337 e. The van der Waals surface area contributed by atoms with Crippen LogP contribution in [-0.2, 0) is 11.3 Å². The van der Waals surface area contributed by atoms with Crippen LogP contribution in [-0.4, -0.2) is 23.2 Å². The molecule has 2 aromatic heterocycles. The first-order valence-corrected chi connectivity index (χ1v) is 7.64. The molecule has 2 heterocycles. The summed E-state index contributed by atoms with van der Waals surface area (Å²) in [5, 5.41) is 10.6. The number of aliphatic hydroxyl groups excluding tert-OH is 1. The molecule has 1 aromatic carbocycles. The summed E-state index contributed by atoms with van der Waals surface area (Å²) in [6.45, 7) is 2.03. The summed E-state index contributed by atoms with van der Waals surface area (Å²) in [4.78, 5) is 17.0. The number of fused-ring (bicyclic) bond motifs is 1. The lowest BCUT2D eigenvalue weighted by Gasteiger charge is -2.05. The fourth-order valence-corrected chi connectivity index (χ4v) is 3.66. The number of ether oxygens (including phenoxy) is 1. The Hall–Kier alpha value is -2.24. The first-order chi connectivity index (χ1) is 10.7. The Morgan fingerprint density at radius 3 is 2.91 bits per heavy atom. The lowest BCUT2D eigenvalue weighted by Crippen LogP contribution is -2.01. The second-order valence-corrected chi connectivity index (χ2v) is 6.02. The lowest BCUT2D eigenvalue weighted by atomic mass is 10.0. The number of pyridine rings is 1. The van der Waals surface area contributed by atoms with Gasteiger partial charge in [0.15, 0.2) is 0 Å². The fourth-order valence-electron chi connectivity index (χ4n) is 2.47. The van der Waals surface area contributed by atoms with Crippen LogP contribution in [0.2, 0.25) is 0 Å². The van der Waals surface area contributed by atoms with Crippen LogP contribution in [0, 0.1) is 6.92 Å². The smallest absolute Gasteiger partial charge is 0.337 e. The third-order valence-corrected chi connectivity index (χ3v) is 4.99. The zero-order chi connectivity index (χ0) is 15.7. The minimum atomic E-state index is -0.380. The van der Waals surface area contributed by atoms with Gasteiger partial charge < -0.3 is 9.84 Å². The summed E-state index contributed by atoms with van der Waals surface area (Å²) in [6.07, 6.45) is 1.60. The fraction of sp³-hybridized carbons (Fsp3) is 0.176. The third-order valence-electron chi connectivity index (χ3n) is 3.66. The Bertz CT molecular complexity index is 854. The number of aryl methyl sites for hydroxylation is 1. The van der Waals surface area contributed by atoms with Crippen molar-refractivity contribution < 1.29 is 14.6 Å². The molecule has 3 rings (SSSR count). The number of methoxy groups -OCH3 is 1. The largest absolute Gasteiger partial charge is 0.465 e. The van der Waals surface area contributed by atoms with Crippen LogP contribution in [0.1, 0.15) is 20.8 Å². The monoisotopic (exact) mass is 313 g/mol. The van der Waals surface area contributed by atoms with Crippen molar-refractivity contribution in [3.8, 4) is 11.3 Å². The van der Waals surface area contributed by atoms with Crippen molar-refractivity contribution in [2.45, 2.75) is 13.5 Å². The number of esters is 1. The Balaban J connectivity index is 2.20. The van der Waals surface area contributed by atoms with Gasteiger partial charge in [0, 0.05) is 21.3 Å². The Morgan fingerprint density at radius 1 is 1.36 bits per heavy atom. The normalized spacial score (nSPS) is 10.9. The van der Waals surface area contributed by atoms with E-state index in [-0.39, 0.29) is 12.6 Å². The maximum absolute atomic E-state index is 11.7. The van der Waals surface area contributed by atoms with Crippen LogP contribution in [0.5, 0.6) is 0 Å². The molecule has 0 aliphatic carbocycles. The highest BCUT2D eigenvalue weighted by Crippen LogP contribution is 2.37. The minimum Gasteiger partial charge on any atom is -0.465 e. The molecule has 3 aromatic rings. The van der Waals surface area contributed by atoms with Gasteiger partial charge in [-0.2, -0.15) is 0 Å². The molecule has 0 aliphatic rings. The van der Waals surface area contributed by atoms with Crippen molar-refractivity contribution >= 4 is 27.4 Å². The van der Waals surface area contributed by atoms with Crippen molar-refractivity contribution in [3.63, 3.8) is 0 Å². The zero-order valence-corrected chi connectivity index (χ0v) is 13.1. The third kappa shape index (κ3) is 2.38. The summed E-state index contributed by atoms with van der Waals surface area (Å²) < 4.78 is 5.83. The van der Waals surface area contributed by atoms with E-state index < -0.39 is 0 Å². The van der Waals surface area contributed by atoms with Gasteiger partial charge in [-0.15, -0.1) is 11.3 Å². The van der Waals surface area contributed by atoms with Gasteiger partial charge in [0.25, 0.3) is 0 Å². The van der Waals surface area contributed by atoms with Crippen LogP contribution in [0.4, 0.5) is 0 Å². The number of aliphatic hydroxyl groups is 1. The standard InChI is InChI=1S/C17H15NO3S/c1-10-12-4-3-5-13(16(12)22-15(10)9-19)14-8-11(6-7-18-14)17(20)21-2/h3-8,19H,9H2,1-2H3. The molecule has 0 saturated carbocycles. The predicted octanol–water partition coefficient (Wildman–Crippen LogP) is 3.55. The van der Waals surface area contributed by atoms with Crippen molar-refractivity contribution in [2.75, 3.05) is 7.11 Å². The van der Waals surface area contributed by atoms with Gasteiger partial charge in [-0.25, -0.2) is 4.79 Å².